The molecule has 0 amide bonds. The first kappa shape index (κ1) is 18.6. The van der Waals surface area contributed by atoms with E-state index < -0.39 is 0 Å². The zero-order valence-electron chi connectivity index (χ0n) is 16.5. The molecule has 1 aliphatic heterocycles. The maximum absolute atomic E-state index is 5.79. The minimum Gasteiger partial charge on any atom is -0.376 e. The Balaban J connectivity index is 1.66. The Morgan fingerprint density at radius 3 is 2.86 bits per heavy atom. The molecule has 5 rings (SSSR count). The molecule has 5 nitrogen and oxygen atoms in total. The Morgan fingerprint density at radius 1 is 1.18 bits per heavy atom. The van der Waals surface area contributed by atoms with Crippen molar-refractivity contribution in [2.24, 2.45) is 0 Å². The zero-order valence-corrected chi connectivity index (χ0v) is 18.1. The third kappa shape index (κ3) is 3.17. The fourth-order valence-electron chi connectivity index (χ4n) is 4.49. The van der Waals surface area contributed by atoms with E-state index in [2.05, 4.69) is 12.2 Å². The number of pyridine rings is 1. The first-order chi connectivity index (χ1) is 13.8. The zero-order chi connectivity index (χ0) is 19.1. The van der Waals surface area contributed by atoms with Gasteiger partial charge in [-0.3, -0.25) is 0 Å². The molecule has 3 aromatic rings. The number of nitrogens with zero attached hydrogens (tertiary/aromatic N) is 3. The van der Waals surface area contributed by atoms with Crippen LogP contribution in [0.3, 0.4) is 0 Å². The van der Waals surface area contributed by atoms with Crippen molar-refractivity contribution in [3.05, 3.63) is 16.8 Å². The molecule has 28 heavy (non-hydrogen) atoms. The molecule has 4 heterocycles. The molecular weight excluding hydrogens is 388 g/mol. The summed E-state index contributed by atoms with van der Waals surface area (Å²) in [4.78, 5) is 16.0. The van der Waals surface area contributed by atoms with Gasteiger partial charge in [0.2, 0.25) is 0 Å². The third-order valence-corrected chi connectivity index (χ3v) is 7.42. The summed E-state index contributed by atoms with van der Waals surface area (Å²) < 4.78 is 6.93. The average Bonchev–Trinajstić information content (AvgIpc) is 3.44. The Labute approximate surface area is 173 Å². The van der Waals surface area contributed by atoms with Crippen LogP contribution in [0.2, 0.25) is 0 Å². The summed E-state index contributed by atoms with van der Waals surface area (Å²) in [5.41, 5.74) is 5.38. The van der Waals surface area contributed by atoms with Gasteiger partial charge >= 0.3 is 0 Å². The summed E-state index contributed by atoms with van der Waals surface area (Å²) in [5, 5.41) is 5.67. The highest BCUT2D eigenvalue weighted by Gasteiger charge is 2.25. The maximum atomic E-state index is 5.79. The van der Waals surface area contributed by atoms with E-state index in [-0.39, 0.29) is 6.10 Å². The van der Waals surface area contributed by atoms with Crippen molar-refractivity contribution in [2.75, 3.05) is 24.7 Å². The molecule has 1 unspecified atom stereocenters. The molecule has 1 saturated heterocycles. The molecule has 0 spiro atoms. The standard InChI is InChI=1S/C21H26N4OS2/c1-3-6-15-13-8-4-9-14(13)16-17-18(28-20(16)23-15)19(25-21(24-17)27-2)22-11-12-7-5-10-26-12/h12H,3-11H2,1-2H3,(H,22,24,25). The van der Waals surface area contributed by atoms with E-state index in [9.17, 15) is 0 Å². The number of thioether (sulfide) groups is 1. The average molecular weight is 415 g/mol. The van der Waals surface area contributed by atoms with Crippen LogP contribution in [-0.4, -0.2) is 40.5 Å². The van der Waals surface area contributed by atoms with Gasteiger partial charge in [-0.15, -0.1) is 11.3 Å². The summed E-state index contributed by atoms with van der Waals surface area (Å²) >= 11 is 3.35. The Hall–Kier alpha value is -1.44. The summed E-state index contributed by atoms with van der Waals surface area (Å²) in [6.07, 6.45) is 10.4. The van der Waals surface area contributed by atoms with E-state index in [0.29, 0.717) is 0 Å². The third-order valence-electron chi connectivity index (χ3n) is 5.79. The summed E-state index contributed by atoms with van der Waals surface area (Å²) in [5.74, 6) is 0.941. The minimum atomic E-state index is 0.288. The Kier molecular flexibility index (Phi) is 5.15. The number of fused-ring (bicyclic) bond motifs is 5. The van der Waals surface area contributed by atoms with Gasteiger partial charge in [0, 0.05) is 24.2 Å². The van der Waals surface area contributed by atoms with Crippen molar-refractivity contribution >= 4 is 49.3 Å². The highest BCUT2D eigenvalue weighted by molar-refractivity contribution is 7.98. The predicted molar refractivity (Wildman–Crippen MR) is 118 cm³/mol. The topological polar surface area (TPSA) is 59.9 Å². The van der Waals surface area contributed by atoms with E-state index in [1.807, 2.05) is 6.26 Å². The maximum Gasteiger partial charge on any atom is 0.189 e. The number of nitrogens with one attached hydrogen (secondary N) is 1. The Morgan fingerprint density at radius 2 is 2.07 bits per heavy atom. The molecule has 2 aliphatic rings. The second-order valence-electron chi connectivity index (χ2n) is 7.65. The molecule has 1 N–H and O–H groups in total. The highest BCUT2D eigenvalue weighted by atomic mass is 32.2. The first-order valence-electron chi connectivity index (χ1n) is 10.3. The SMILES string of the molecule is CCCc1nc2sc3c(NCC4CCCO4)nc(SC)nc3c2c2c1CCC2. The van der Waals surface area contributed by atoms with Crippen molar-refractivity contribution in [3.63, 3.8) is 0 Å². The lowest BCUT2D eigenvalue weighted by Gasteiger charge is -2.12. The molecule has 0 saturated carbocycles. The fourth-order valence-corrected chi connectivity index (χ4v) is 5.99. The number of thiophene rings is 1. The van der Waals surface area contributed by atoms with E-state index in [1.165, 1.54) is 28.6 Å². The lowest BCUT2D eigenvalue weighted by atomic mass is 10.0. The number of ether oxygens (including phenoxy) is 1. The lowest BCUT2D eigenvalue weighted by Crippen LogP contribution is -2.19. The number of hydrogen-bond donors (Lipinski definition) is 1. The second kappa shape index (κ2) is 7.76. The monoisotopic (exact) mass is 414 g/mol. The highest BCUT2D eigenvalue weighted by Crippen LogP contribution is 2.42. The summed E-state index contributed by atoms with van der Waals surface area (Å²) in [6.45, 7) is 3.92. The smallest absolute Gasteiger partial charge is 0.189 e. The number of hydrogen-bond acceptors (Lipinski definition) is 7. The summed E-state index contributed by atoms with van der Waals surface area (Å²) in [7, 11) is 0. The number of aryl methyl sites for hydroxylation is 2. The van der Waals surface area contributed by atoms with Gasteiger partial charge in [-0.25, -0.2) is 15.0 Å². The van der Waals surface area contributed by atoms with Crippen LogP contribution in [0.1, 0.15) is 49.4 Å². The molecule has 7 heteroatoms. The van der Waals surface area contributed by atoms with Crippen LogP contribution in [0, 0.1) is 0 Å². The van der Waals surface area contributed by atoms with Crippen LogP contribution in [-0.2, 0) is 24.0 Å². The van der Waals surface area contributed by atoms with Crippen LogP contribution in [0.25, 0.3) is 20.4 Å². The van der Waals surface area contributed by atoms with Gasteiger partial charge < -0.3 is 10.1 Å². The van der Waals surface area contributed by atoms with Gasteiger partial charge in [-0.1, -0.05) is 25.1 Å². The molecule has 1 aliphatic carbocycles. The molecule has 0 radical (unpaired) electrons. The minimum absolute atomic E-state index is 0.288. The summed E-state index contributed by atoms with van der Waals surface area (Å²) in [6, 6.07) is 0. The molecule has 148 valence electrons. The van der Waals surface area contributed by atoms with Gasteiger partial charge in [0.25, 0.3) is 0 Å². The first-order valence-corrected chi connectivity index (χ1v) is 12.4. The Bertz CT molecular complexity index is 1030. The van der Waals surface area contributed by atoms with Crippen molar-refractivity contribution < 1.29 is 4.74 Å². The predicted octanol–water partition coefficient (Wildman–Crippen LogP) is 4.99. The van der Waals surface area contributed by atoms with Gasteiger partial charge in [0.1, 0.15) is 10.6 Å². The van der Waals surface area contributed by atoms with Crippen LogP contribution < -0.4 is 5.32 Å². The van der Waals surface area contributed by atoms with Crippen LogP contribution in [0.5, 0.6) is 0 Å². The molecule has 0 aromatic carbocycles. The number of anilines is 1. The van der Waals surface area contributed by atoms with Gasteiger partial charge in [-0.2, -0.15) is 0 Å². The van der Waals surface area contributed by atoms with E-state index >= 15 is 0 Å². The molecule has 0 bridgehead atoms. The van der Waals surface area contributed by atoms with Gasteiger partial charge in [0.05, 0.1) is 16.3 Å². The van der Waals surface area contributed by atoms with Crippen LogP contribution in [0.4, 0.5) is 5.82 Å². The van der Waals surface area contributed by atoms with E-state index in [0.717, 1.165) is 77.7 Å². The van der Waals surface area contributed by atoms with E-state index in [4.69, 9.17) is 19.7 Å². The molecule has 3 aromatic heterocycles. The molecular formula is C21H26N4OS2. The van der Waals surface area contributed by atoms with Crippen LogP contribution in [0.15, 0.2) is 5.16 Å². The van der Waals surface area contributed by atoms with Crippen molar-refractivity contribution in [2.45, 2.75) is 63.1 Å². The number of rotatable bonds is 6. The second-order valence-corrected chi connectivity index (χ2v) is 9.43. The lowest BCUT2D eigenvalue weighted by molar-refractivity contribution is 0.120. The van der Waals surface area contributed by atoms with Crippen molar-refractivity contribution in [1.29, 1.82) is 0 Å². The van der Waals surface area contributed by atoms with E-state index in [1.54, 1.807) is 23.1 Å². The quantitative estimate of drug-likeness (QED) is 0.453. The molecule has 1 atom stereocenters. The largest absolute Gasteiger partial charge is 0.376 e. The van der Waals surface area contributed by atoms with Crippen molar-refractivity contribution in [1.82, 2.24) is 15.0 Å². The van der Waals surface area contributed by atoms with Crippen molar-refractivity contribution in [3.8, 4) is 0 Å². The molecule has 1 fully saturated rings. The van der Waals surface area contributed by atoms with Crippen LogP contribution >= 0.6 is 23.1 Å². The van der Waals surface area contributed by atoms with Gasteiger partial charge in [0.15, 0.2) is 5.16 Å². The van der Waals surface area contributed by atoms with Gasteiger partial charge in [-0.05, 0) is 55.9 Å². The number of aromatic nitrogens is 3. The normalized spacial score (nSPS) is 19.0. The fraction of sp³-hybridized carbons (Fsp3) is 0.571.